The molecule has 2 rings (SSSR count). The molecule has 6 heteroatoms. The van der Waals surface area contributed by atoms with E-state index in [0.717, 1.165) is 11.1 Å². The van der Waals surface area contributed by atoms with Crippen molar-refractivity contribution in [3.8, 4) is 0 Å². The number of imidazole rings is 1. The standard InChI is InChI=1S/C8H11N5O/c1-2-3-5-12-7-6(10-4-11-7)8(14)13(5)9/h4H,2-3,9H2,1H3,(H,10,11). The number of aromatic nitrogens is 4. The number of hydrogen-bond acceptors (Lipinski definition) is 4. The van der Waals surface area contributed by atoms with Crippen LogP contribution < -0.4 is 11.4 Å². The minimum absolute atomic E-state index is 0.282. The van der Waals surface area contributed by atoms with Crippen molar-refractivity contribution in [2.75, 3.05) is 5.84 Å². The van der Waals surface area contributed by atoms with E-state index in [1.807, 2.05) is 6.92 Å². The number of nitrogen functional groups attached to an aromatic ring is 1. The van der Waals surface area contributed by atoms with Crippen LogP contribution in [0.4, 0.5) is 0 Å². The van der Waals surface area contributed by atoms with Crippen LogP contribution in [-0.4, -0.2) is 19.6 Å². The molecule has 0 aliphatic heterocycles. The summed E-state index contributed by atoms with van der Waals surface area (Å²) in [6, 6.07) is 0. The summed E-state index contributed by atoms with van der Waals surface area (Å²) >= 11 is 0. The van der Waals surface area contributed by atoms with Gasteiger partial charge in [0.15, 0.2) is 11.2 Å². The Hall–Kier alpha value is -1.85. The van der Waals surface area contributed by atoms with E-state index >= 15 is 0 Å². The predicted octanol–water partition coefficient (Wildman–Crippen LogP) is -0.214. The molecule has 0 bridgehead atoms. The molecule has 0 fully saturated rings. The van der Waals surface area contributed by atoms with Crippen LogP contribution in [0, 0.1) is 0 Å². The molecular formula is C8H11N5O. The Bertz CT molecular complexity index is 512. The number of hydrogen-bond donors (Lipinski definition) is 2. The average molecular weight is 193 g/mol. The van der Waals surface area contributed by atoms with E-state index in [9.17, 15) is 4.79 Å². The molecule has 0 spiro atoms. The van der Waals surface area contributed by atoms with E-state index in [0.29, 0.717) is 23.4 Å². The molecule has 0 unspecified atom stereocenters. The quantitative estimate of drug-likeness (QED) is 0.645. The Balaban J connectivity index is 2.74. The van der Waals surface area contributed by atoms with Crippen LogP contribution in [0.1, 0.15) is 19.2 Å². The van der Waals surface area contributed by atoms with Crippen molar-refractivity contribution < 1.29 is 0 Å². The molecular weight excluding hydrogens is 182 g/mol. The third-order valence-electron chi connectivity index (χ3n) is 2.04. The van der Waals surface area contributed by atoms with Crippen molar-refractivity contribution in [3.05, 3.63) is 22.5 Å². The minimum Gasteiger partial charge on any atom is -0.339 e. The zero-order chi connectivity index (χ0) is 10.1. The normalized spacial score (nSPS) is 10.9. The zero-order valence-corrected chi connectivity index (χ0v) is 7.82. The summed E-state index contributed by atoms with van der Waals surface area (Å²) in [6.45, 7) is 2.00. The monoisotopic (exact) mass is 193 g/mol. The van der Waals surface area contributed by atoms with Crippen molar-refractivity contribution >= 4 is 11.2 Å². The van der Waals surface area contributed by atoms with Crippen LogP contribution >= 0.6 is 0 Å². The number of nitrogens with two attached hydrogens (primary N) is 1. The fraction of sp³-hybridized carbons (Fsp3) is 0.375. The topological polar surface area (TPSA) is 89.6 Å². The number of H-pyrrole nitrogens is 1. The average Bonchev–Trinajstić information content (AvgIpc) is 2.62. The van der Waals surface area contributed by atoms with Crippen LogP contribution in [0.25, 0.3) is 11.2 Å². The molecule has 2 aromatic rings. The largest absolute Gasteiger partial charge is 0.339 e. The third-order valence-corrected chi connectivity index (χ3v) is 2.04. The van der Waals surface area contributed by atoms with Gasteiger partial charge in [-0.3, -0.25) is 4.79 Å². The molecule has 3 N–H and O–H groups in total. The van der Waals surface area contributed by atoms with Crippen molar-refractivity contribution in [2.45, 2.75) is 19.8 Å². The summed E-state index contributed by atoms with van der Waals surface area (Å²) < 4.78 is 1.07. The van der Waals surface area contributed by atoms with Gasteiger partial charge in [0, 0.05) is 6.42 Å². The third kappa shape index (κ3) is 1.15. The Kier molecular flexibility index (Phi) is 1.95. The van der Waals surface area contributed by atoms with Crippen LogP contribution in [0.2, 0.25) is 0 Å². The molecule has 0 aliphatic rings. The summed E-state index contributed by atoms with van der Waals surface area (Å²) in [5.74, 6) is 6.15. The molecule has 74 valence electrons. The molecule has 0 saturated heterocycles. The maximum absolute atomic E-state index is 11.6. The lowest BCUT2D eigenvalue weighted by atomic mass is 10.3. The number of rotatable bonds is 2. The van der Waals surface area contributed by atoms with Crippen molar-refractivity contribution in [1.82, 2.24) is 19.6 Å². The van der Waals surface area contributed by atoms with Crippen molar-refractivity contribution in [2.24, 2.45) is 0 Å². The molecule has 0 aliphatic carbocycles. The zero-order valence-electron chi connectivity index (χ0n) is 7.82. The van der Waals surface area contributed by atoms with Gasteiger partial charge in [-0.05, 0) is 6.42 Å². The van der Waals surface area contributed by atoms with Crippen LogP contribution in [0.15, 0.2) is 11.1 Å². The van der Waals surface area contributed by atoms with Gasteiger partial charge in [-0.25, -0.2) is 14.6 Å². The lowest BCUT2D eigenvalue weighted by molar-refractivity contribution is 0.749. The Morgan fingerprint density at radius 1 is 1.64 bits per heavy atom. The lowest BCUT2D eigenvalue weighted by Gasteiger charge is -2.04. The maximum atomic E-state index is 11.6. The van der Waals surface area contributed by atoms with E-state index in [2.05, 4.69) is 15.0 Å². The molecule has 2 aromatic heterocycles. The van der Waals surface area contributed by atoms with Crippen LogP contribution in [0.5, 0.6) is 0 Å². The summed E-state index contributed by atoms with van der Waals surface area (Å²) in [5.41, 5.74) is 0.503. The second-order valence-electron chi connectivity index (χ2n) is 3.05. The summed E-state index contributed by atoms with van der Waals surface area (Å²) in [4.78, 5) is 22.4. The fourth-order valence-corrected chi connectivity index (χ4v) is 1.34. The van der Waals surface area contributed by atoms with Gasteiger partial charge in [0.1, 0.15) is 5.82 Å². The van der Waals surface area contributed by atoms with E-state index in [-0.39, 0.29) is 5.56 Å². The second kappa shape index (κ2) is 3.13. The highest BCUT2D eigenvalue weighted by Gasteiger charge is 2.09. The van der Waals surface area contributed by atoms with Gasteiger partial charge in [-0.1, -0.05) is 6.92 Å². The number of nitrogens with zero attached hydrogens (tertiary/aromatic N) is 3. The summed E-state index contributed by atoms with van der Waals surface area (Å²) in [6.07, 6.45) is 3.00. The highest BCUT2D eigenvalue weighted by atomic mass is 16.1. The minimum atomic E-state index is -0.282. The molecule has 0 saturated carbocycles. The SMILES string of the molecule is CCCc1nc2nc[nH]c2c(=O)n1N. The van der Waals surface area contributed by atoms with Gasteiger partial charge >= 0.3 is 0 Å². The van der Waals surface area contributed by atoms with E-state index in [1.54, 1.807) is 0 Å². The van der Waals surface area contributed by atoms with E-state index < -0.39 is 0 Å². The molecule has 0 radical (unpaired) electrons. The number of nitrogens with one attached hydrogen (secondary N) is 1. The molecule has 0 amide bonds. The smallest absolute Gasteiger partial charge is 0.297 e. The van der Waals surface area contributed by atoms with Crippen molar-refractivity contribution in [3.63, 3.8) is 0 Å². The van der Waals surface area contributed by atoms with Crippen molar-refractivity contribution in [1.29, 1.82) is 0 Å². The van der Waals surface area contributed by atoms with Gasteiger partial charge in [0.2, 0.25) is 0 Å². The van der Waals surface area contributed by atoms with Gasteiger partial charge < -0.3 is 10.8 Å². The Morgan fingerprint density at radius 3 is 3.14 bits per heavy atom. The maximum Gasteiger partial charge on any atom is 0.297 e. The molecule has 6 nitrogen and oxygen atoms in total. The molecule has 0 atom stereocenters. The first-order valence-corrected chi connectivity index (χ1v) is 4.44. The van der Waals surface area contributed by atoms with Crippen LogP contribution in [-0.2, 0) is 6.42 Å². The summed E-state index contributed by atoms with van der Waals surface area (Å²) in [7, 11) is 0. The summed E-state index contributed by atoms with van der Waals surface area (Å²) in [5, 5.41) is 0. The lowest BCUT2D eigenvalue weighted by Crippen LogP contribution is -2.31. The van der Waals surface area contributed by atoms with Gasteiger partial charge in [-0.15, -0.1) is 0 Å². The molecule has 0 aromatic carbocycles. The van der Waals surface area contributed by atoms with E-state index in [4.69, 9.17) is 5.84 Å². The first kappa shape index (κ1) is 8.74. The number of fused-ring (bicyclic) bond motifs is 1. The first-order chi connectivity index (χ1) is 6.74. The van der Waals surface area contributed by atoms with Crippen LogP contribution in [0.3, 0.4) is 0 Å². The van der Waals surface area contributed by atoms with Gasteiger partial charge in [0.05, 0.1) is 6.33 Å². The van der Waals surface area contributed by atoms with Gasteiger partial charge in [-0.2, -0.15) is 0 Å². The second-order valence-corrected chi connectivity index (χ2v) is 3.05. The first-order valence-electron chi connectivity index (χ1n) is 4.44. The molecule has 2 heterocycles. The number of aromatic amines is 1. The highest BCUT2D eigenvalue weighted by Crippen LogP contribution is 2.02. The van der Waals surface area contributed by atoms with Gasteiger partial charge in [0.25, 0.3) is 5.56 Å². The number of aryl methyl sites for hydroxylation is 1. The fourth-order valence-electron chi connectivity index (χ4n) is 1.34. The molecule has 14 heavy (non-hydrogen) atoms. The Morgan fingerprint density at radius 2 is 2.43 bits per heavy atom. The predicted molar refractivity (Wildman–Crippen MR) is 52.3 cm³/mol. The highest BCUT2D eigenvalue weighted by molar-refractivity contribution is 5.68. The van der Waals surface area contributed by atoms with E-state index in [1.165, 1.54) is 6.33 Å². The Labute approximate surface area is 79.8 Å².